The highest BCUT2D eigenvalue weighted by molar-refractivity contribution is 5.57. The van der Waals surface area contributed by atoms with Crippen LogP contribution in [0.4, 0.5) is 5.69 Å². The molecule has 0 aliphatic rings. The lowest BCUT2D eigenvalue weighted by atomic mass is 10.2. The number of nitriles is 1. The third-order valence-corrected chi connectivity index (χ3v) is 1.28. The minimum Gasteiger partial charge on any atom is -0.396 e. The Balaban J connectivity index is 3.22. The van der Waals surface area contributed by atoms with E-state index in [1.54, 1.807) is 18.3 Å². The number of aromatic nitrogens is 1. The molecule has 1 rings (SSSR count). The molecule has 0 radical (unpaired) electrons. The van der Waals surface area contributed by atoms with Crippen molar-refractivity contribution in [2.24, 2.45) is 0 Å². The Morgan fingerprint density at radius 1 is 1.73 bits per heavy atom. The number of pyridine rings is 1. The molecule has 0 aliphatic carbocycles. The highest BCUT2D eigenvalue weighted by Crippen LogP contribution is 2.09. The Bertz CT molecular complexity index is 323. The van der Waals surface area contributed by atoms with Crippen molar-refractivity contribution < 1.29 is 0 Å². The van der Waals surface area contributed by atoms with Crippen LogP contribution in [0, 0.1) is 11.3 Å². The van der Waals surface area contributed by atoms with E-state index in [2.05, 4.69) is 11.6 Å². The lowest BCUT2D eigenvalue weighted by Crippen LogP contribution is -1.93. The molecule has 0 atom stereocenters. The van der Waals surface area contributed by atoms with E-state index >= 15 is 0 Å². The second kappa shape index (κ2) is 2.84. The fourth-order valence-corrected chi connectivity index (χ4v) is 0.704. The largest absolute Gasteiger partial charge is 0.396 e. The van der Waals surface area contributed by atoms with Crippen LogP contribution in [0.3, 0.4) is 0 Å². The second-order valence-corrected chi connectivity index (χ2v) is 2.02. The van der Waals surface area contributed by atoms with Crippen molar-refractivity contribution in [2.45, 2.75) is 0 Å². The minimum absolute atomic E-state index is 0.260. The molecule has 3 nitrogen and oxygen atoms in total. The van der Waals surface area contributed by atoms with E-state index in [1.165, 1.54) is 0 Å². The van der Waals surface area contributed by atoms with Crippen LogP contribution in [0.1, 0.15) is 11.3 Å². The maximum absolute atomic E-state index is 8.46. The molecule has 0 aromatic carbocycles. The number of hydrogen-bond acceptors (Lipinski definition) is 3. The molecule has 11 heavy (non-hydrogen) atoms. The average Bonchev–Trinajstić information content (AvgIpc) is 2.04. The third-order valence-electron chi connectivity index (χ3n) is 1.28. The lowest BCUT2D eigenvalue weighted by Gasteiger charge is -1.96. The van der Waals surface area contributed by atoms with Gasteiger partial charge in [-0.15, -0.1) is 0 Å². The Kier molecular flexibility index (Phi) is 1.88. The van der Waals surface area contributed by atoms with Crippen LogP contribution in [0.2, 0.25) is 0 Å². The normalized spacial score (nSPS) is 8.64. The van der Waals surface area contributed by atoms with Gasteiger partial charge in [0.2, 0.25) is 0 Å². The molecule has 1 aromatic heterocycles. The van der Waals surface area contributed by atoms with Crippen molar-refractivity contribution in [3.05, 3.63) is 30.1 Å². The summed E-state index contributed by atoms with van der Waals surface area (Å²) in [6.45, 7) is 3.55. The first-order valence-electron chi connectivity index (χ1n) is 3.06. The predicted molar refractivity (Wildman–Crippen MR) is 43.5 cm³/mol. The zero-order valence-electron chi connectivity index (χ0n) is 5.91. The summed E-state index contributed by atoms with van der Waals surface area (Å²) in [6, 6.07) is 3.54. The van der Waals surface area contributed by atoms with E-state index in [0.29, 0.717) is 5.69 Å². The van der Waals surface area contributed by atoms with Gasteiger partial charge < -0.3 is 5.73 Å². The zero-order valence-corrected chi connectivity index (χ0v) is 5.91. The summed E-state index contributed by atoms with van der Waals surface area (Å²) in [6.07, 6.45) is 3.19. The quantitative estimate of drug-likeness (QED) is 0.645. The van der Waals surface area contributed by atoms with Gasteiger partial charge in [-0.3, -0.25) is 0 Å². The highest BCUT2D eigenvalue weighted by Gasteiger charge is 1.97. The summed E-state index contributed by atoms with van der Waals surface area (Å²) >= 11 is 0. The standard InChI is InChI=1S/C8H7N3/c1-2-6-3-7(10)8(4-9)11-5-6/h2-3,5H,1,10H2. The molecule has 0 unspecified atom stereocenters. The van der Waals surface area contributed by atoms with E-state index in [1.807, 2.05) is 6.07 Å². The van der Waals surface area contributed by atoms with Crippen molar-refractivity contribution in [3.8, 4) is 6.07 Å². The van der Waals surface area contributed by atoms with Crippen LogP contribution in [0.25, 0.3) is 6.08 Å². The van der Waals surface area contributed by atoms with Gasteiger partial charge in [-0.25, -0.2) is 4.98 Å². The van der Waals surface area contributed by atoms with E-state index in [-0.39, 0.29) is 5.69 Å². The van der Waals surface area contributed by atoms with Crippen LogP contribution in [-0.4, -0.2) is 4.98 Å². The number of rotatable bonds is 1. The van der Waals surface area contributed by atoms with E-state index in [9.17, 15) is 0 Å². The van der Waals surface area contributed by atoms with Gasteiger partial charge in [0.15, 0.2) is 5.69 Å². The van der Waals surface area contributed by atoms with Gasteiger partial charge in [-0.1, -0.05) is 12.7 Å². The fourth-order valence-electron chi connectivity index (χ4n) is 0.704. The Morgan fingerprint density at radius 3 is 2.91 bits per heavy atom. The van der Waals surface area contributed by atoms with Gasteiger partial charge in [0.05, 0.1) is 5.69 Å². The Labute approximate surface area is 64.8 Å². The van der Waals surface area contributed by atoms with Gasteiger partial charge in [0.25, 0.3) is 0 Å². The van der Waals surface area contributed by atoms with Crippen LogP contribution in [-0.2, 0) is 0 Å². The summed E-state index contributed by atoms with van der Waals surface area (Å²) in [5.74, 6) is 0. The SMILES string of the molecule is C=Cc1cnc(C#N)c(N)c1. The molecule has 1 heterocycles. The van der Waals surface area contributed by atoms with Gasteiger partial charge >= 0.3 is 0 Å². The van der Waals surface area contributed by atoms with Crippen molar-refractivity contribution in [2.75, 3.05) is 5.73 Å². The van der Waals surface area contributed by atoms with Crippen molar-refractivity contribution in [3.63, 3.8) is 0 Å². The summed E-state index contributed by atoms with van der Waals surface area (Å²) in [5.41, 5.74) is 6.95. The molecule has 3 heteroatoms. The predicted octanol–water partition coefficient (Wildman–Crippen LogP) is 1.18. The Hall–Kier alpha value is -1.82. The van der Waals surface area contributed by atoms with E-state index < -0.39 is 0 Å². The number of nitrogens with two attached hydrogens (primary N) is 1. The first-order valence-corrected chi connectivity index (χ1v) is 3.06. The van der Waals surface area contributed by atoms with E-state index in [4.69, 9.17) is 11.0 Å². The van der Waals surface area contributed by atoms with Crippen molar-refractivity contribution >= 4 is 11.8 Å². The molecular formula is C8H7N3. The third kappa shape index (κ3) is 1.36. The molecular weight excluding hydrogens is 138 g/mol. The maximum atomic E-state index is 8.46. The first-order chi connectivity index (χ1) is 5.27. The summed E-state index contributed by atoms with van der Waals surface area (Å²) in [7, 11) is 0. The summed E-state index contributed by atoms with van der Waals surface area (Å²) < 4.78 is 0. The molecule has 54 valence electrons. The first kappa shape index (κ1) is 7.29. The fraction of sp³-hybridized carbons (Fsp3) is 0. The molecule has 0 fully saturated rings. The molecule has 0 saturated heterocycles. The summed E-state index contributed by atoms with van der Waals surface area (Å²) in [4.78, 5) is 3.81. The molecule has 0 spiro atoms. The molecule has 2 N–H and O–H groups in total. The smallest absolute Gasteiger partial charge is 0.163 e. The highest BCUT2D eigenvalue weighted by atomic mass is 14.7. The number of hydrogen-bond donors (Lipinski definition) is 1. The van der Waals surface area contributed by atoms with Crippen molar-refractivity contribution in [1.82, 2.24) is 4.98 Å². The minimum atomic E-state index is 0.260. The topological polar surface area (TPSA) is 62.7 Å². The second-order valence-electron chi connectivity index (χ2n) is 2.02. The number of nitrogens with zero attached hydrogens (tertiary/aromatic N) is 2. The number of nitrogen functional groups attached to an aromatic ring is 1. The monoisotopic (exact) mass is 145 g/mol. The van der Waals surface area contributed by atoms with Gasteiger partial charge in [0, 0.05) is 6.20 Å². The zero-order chi connectivity index (χ0) is 8.27. The van der Waals surface area contributed by atoms with Gasteiger partial charge in [0.1, 0.15) is 6.07 Å². The average molecular weight is 145 g/mol. The maximum Gasteiger partial charge on any atom is 0.163 e. The van der Waals surface area contributed by atoms with E-state index in [0.717, 1.165) is 5.56 Å². The Morgan fingerprint density at radius 2 is 2.45 bits per heavy atom. The molecule has 0 saturated carbocycles. The number of anilines is 1. The van der Waals surface area contributed by atoms with Crippen LogP contribution < -0.4 is 5.73 Å². The lowest BCUT2D eigenvalue weighted by molar-refractivity contribution is 1.26. The molecule has 1 aromatic rings. The van der Waals surface area contributed by atoms with Crippen LogP contribution in [0.15, 0.2) is 18.8 Å². The van der Waals surface area contributed by atoms with Crippen molar-refractivity contribution in [1.29, 1.82) is 5.26 Å². The molecule has 0 aliphatic heterocycles. The van der Waals surface area contributed by atoms with Crippen LogP contribution >= 0.6 is 0 Å². The molecule has 0 amide bonds. The molecule has 0 bridgehead atoms. The van der Waals surface area contributed by atoms with Gasteiger partial charge in [-0.2, -0.15) is 5.26 Å². The van der Waals surface area contributed by atoms with Crippen LogP contribution in [0.5, 0.6) is 0 Å². The van der Waals surface area contributed by atoms with Gasteiger partial charge in [-0.05, 0) is 11.6 Å². The summed E-state index contributed by atoms with van der Waals surface area (Å²) in [5, 5.41) is 8.46.